The number of carbonyl (C=O) groups excluding carboxylic acids is 3. The fourth-order valence-electron chi connectivity index (χ4n) is 4.03. The van der Waals surface area contributed by atoms with Gasteiger partial charge in [0.15, 0.2) is 5.82 Å². The Hall–Kier alpha value is -3.30. The summed E-state index contributed by atoms with van der Waals surface area (Å²) in [5, 5.41) is 4.25. The number of likely N-dealkylation sites (N-methyl/N-ethyl adjacent to an activating group) is 1. The molecule has 0 atom stereocenters. The van der Waals surface area contributed by atoms with Gasteiger partial charge in [-0.3, -0.25) is 14.4 Å². The number of benzene rings is 1. The van der Waals surface area contributed by atoms with Gasteiger partial charge in [-0.1, -0.05) is 0 Å². The Balaban J connectivity index is 1.68. The summed E-state index contributed by atoms with van der Waals surface area (Å²) in [6.07, 6.45) is 1.05. The minimum atomic E-state index is -0.797. The predicted octanol–water partition coefficient (Wildman–Crippen LogP) is 2.64. The van der Waals surface area contributed by atoms with Gasteiger partial charge in [-0.2, -0.15) is 5.10 Å². The number of ether oxygens (including phenoxy) is 1. The predicted molar refractivity (Wildman–Crippen MR) is 116 cm³/mol. The van der Waals surface area contributed by atoms with E-state index in [1.54, 1.807) is 25.7 Å². The molecule has 1 fully saturated rings. The van der Waals surface area contributed by atoms with E-state index < -0.39 is 17.5 Å². The highest BCUT2D eigenvalue weighted by molar-refractivity contribution is 5.98. The molecule has 1 aliphatic heterocycles. The summed E-state index contributed by atoms with van der Waals surface area (Å²) in [6, 6.07) is 3.13. The standard InChI is InChI=1S/C23H28F2N4O4/c1-5-33-23(32)16-8-10-28(11-9-16)20(30)13-27(4)22(31)21-14(2)26-29(15(21)3)19-7-6-17(24)12-18(19)25/h6-7,12,16H,5,8-11,13H2,1-4H3. The van der Waals surface area contributed by atoms with E-state index in [0.717, 1.165) is 12.1 Å². The molecule has 178 valence electrons. The average molecular weight is 462 g/mol. The lowest BCUT2D eigenvalue weighted by Gasteiger charge is -2.32. The summed E-state index contributed by atoms with van der Waals surface area (Å²) in [5.74, 6) is -2.60. The number of halogens is 2. The van der Waals surface area contributed by atoms with Crippen LogP contribution in [0.5, 0.6) is 0 Å². The monoisotopic (exact) mass is 462 g/mol. The van der Waals surface area contributed by atoms with Crippen molar-refractivity contribution in [1.29, 1.82) is 0 Å². The van der Waals surface area contributed by atoms with Crippen LogP contribution in [-0.4, -0.2) is 70.7 Å². The molecule has 10 heteroatoms. The van der Waals surface area contributed by atoms with E-state index in [4.69, 9.17) is 4.74 Å². The summed E-state index contributed by atoms with van der Waals surface area (Å²) in [6.45, 7) is 6.02. The van der Waals surface area contributed by atoms with Crippen LogP contribution < -0.4 is 0 Å². The lowest BCUT2D eigenvalue weighted by molar-refractivity contribution is -0.151. The maximum Gasteiger partial charge on any atom is 0.309 e. The minimum absolute atomic E-state index is 0.0271. The second kappa shape index (κ2) is 10.1. The lowest BCUT2D eigenvalue weighted by Crippen LogP contribution is -2.45. The second-order valence-corrected chi connectivity index (χ2v) is 8.12. The molecule has 1 saturated heterocycles. The van der Waals surface area contributed by atoms with Gasteiger partial charge < -0.3 is 14.5 Å². The molecule has 0 saturated carbocycles. The van der Waals surface area contributed by atoms with Crippen molar-refractivity contribution >= 4 is 17.8 Å². The first-order valence-corrected chi connectivity index (χ1v) is 10.9. The molecule has 2 amide bonds. The highest BCUT2D eigenvalue weighted by Crippen LogP contribution is 2.23. The fraction of sp³-hybridized carbons (Fsp3) is 0.478. The molecule has 1 aliphatic rings. The first-order valence-electron chi connectivity index (χ1n) is 10.9. The Morgan fingerprint density at radius 2 is 1.85 bits per heavy atom. The molecule has 0 N–H and O–H groups in total. The number of aromatic nitrogens is 2. The summed E-state index contributed by atoms with van der Waals surface area (Å²) < 4.78 is 33.8. The Kier molecular flexibility index (Phi) is 7.45. The number of aryl methyl sites for hydroxylation is 1. The van der Waals surface area contributed by atoms with Crippen LogP contribution in [0.4, 0.5) is 8.78 Å². The van der Waals surface area contributed by atoms with E-state index in [2.05, 4.69) is 5.10 Å². The second-order valence-electron chi connectivity index (χ2n) is 8.12. The van der Waals surface area contributed by atoms with Crippen molar-refractivity contribution in [2.45, 2.75) is 33.6 Å². The van der Waals surface area contributed by atoms with Crippen molar-refractivity contribution < 1.29 is 27.9 Å². The van der Waals surface area contributed by atoms with Gasteiger partial charge in [0.05, 0.1) is 36.0 Å². The minimum Gasteiger partial charge on any atom is -0.466 e. The maximum absolute atomic E-state index is 14.2. The molecule has 1 aromatic heterocycles. The summed E-state index contributed by atoms with van der Waals surface area (Å²) in [4.78, 5) is 40.6. The molecule has 33 heavy (non-hydrogen) atoms. The average Bonchev–Trinajstić information content (AvgIpc) is 3.07. The van der Waals surface area contributed by atoms with Gasteiger partial charge in [0.1, 0.15) is 11.5 Å². The van der Waals surface area contributed by atoms with Crippen LogP contribution in [0.25, 0.3) is 5.69 Å². The summed E-state index contributed by atoms with van der Waals surface area (Å²) in [5.41, 5.74) is 1.04. The molecular formula is C23H28F2N4O4. The maximum atomic E-state index is 14.2. The molecule has 1 aromatic carbocycles. The van der Waals surface area contributed by atoms with Gasteiger partial charge in [-0.05, 0) is 45.7 Å². The molecule has 2 aromatic rings. The van der Waals surface area contributed by atoms with E-state index in [1.807, 2.05) is 0 Å². The molecule has 0 unspecified atom stereocenters. The molecule has 0 aliphatic carbocycles. The molecule has 8 nitrogen and oxygen atoms in total. The number of nitrogens with zero attached hydrogens (tertiary/aromatic N) is 4. The molecule has 0 radical (unpaired) electrons. The fourth-order valence-corrected chi connectivity index (χ4v) is 4.03. The van der Waals surface area contributed by atoms with Gasteiger partial charge in [-0.25, -0.2) is 13.5 Å². The van der Waals surface area contributed by atoms with Crippen LogP contribution >= 0.6 is 0 Å². The van der Waals surface area contributed by atoms with Gasteiger partial charge in [0.2, 0.25) is 5.91 Å². The number of likely N-dealkylation sites (tertiary alicyclic amines) is 1. The summed E-state index contributed by atoms with van der Waals surface area (Å²) in [7, 11) is 1.51. The van der Waals surface area contributed by atoms with E-state index in [-0.39, 0.29) is 35.6 Å². The Morgan fingerprint density at radius 3 is 2.45 bits per heavy atom. The normalized spacial score (nSPS) is 14.3. The van der Waals surface area contributed by atoms with Gasteiger partial charge in [-0.15, -0.1) is 0 Å². The van der Waals surface area contributed by atoms with Crippen LogP contribution in [0.15, 0.2) is 18.2 Å². The highest BCUT2D eigenvalue weighted by Gasteiger charge is 2.30. The molecule has 0 bridgehead atoms. The van der Waals surface area contributed by atoms with E-state index in [0.29, 0.717) is 43.9 Å². The topological polar surface area (TPSA) is 84.7 Å². The van der Waals surface area contributed by atoms with Crippen molar-refractivity contribution in [3.63, 3.8) is 0 Å². The van der Waals surface area contributed by atoms with Crippen molar-refractivity contribution in [3.8, 4) is 5.69 Å². The largest absolute Gasteiger partial charge is 0.466 e. The van der Waals surface area contributed by atoms with Crippen LogP contribution in [0.1, 0.15) is 41.5 Å². The zero-order chi connectivity index (χ0) is 24.3. The quantitative estimate of drug-likeness (QED) is 0.617. The van der Waals surface area contributed by atoms with Crippen molar-refractivity contribution in [3.05, 3.63) is 46.8 Å². The Morgan fingerprint density at radius 1 is 1.18 bits per heavy atom. The number of piperidine rings is 1. The van der Waals surface area contributed by atoms with Crippen molar-refractivity contribution in [2.24, 2.45) is 5.92 Å². The number of hydrogen-bond donors (Lipinski definition) is 0. The van der Waals surface area contributed by atoms with Crippen LogP contribution in [-0.2, 0) is 14.3 Å². The number of esters is 1. The third-order valence-corrected chi connectivity index (χ3v) is 5.83. The third kappa shape index (κ3) is 5.20. The smallest absolute Gasteiger partial charge is 0.309 e. The first-order chi connectivity index (χ1) is 15.6. The van der Waals surface area contributed by atoms with Gasteiger partial charge in [0, 0.05) is 26.2 Å². The third-order valence-electron chi connectivity index (χ3n) is 5.83. The zero-order valence-corrected chi connectivity index (χ0v) is 19.2. The highest BCUT2D eigenvalue weighted by atomic mass is 19.1. The van der Waals surface area contributed by atoms with E-state index >= 15 is 0 Å². The lowest BCUT2D eigenvalue weighted by atomic mass is 9.97. The van der Waals surface area contributed by atoms with Crippen LogP contribution in [0, 0.1) is 31.4 Å². The van der Waals surface area contributed by atoms with Gasteiger partial charge in [0.25, 0.3) is 5.91 Å². The number of carbonyl (C=O) groups is 3. The van der Waals surface area contributed by atoms with Crippen LogP contribution in [0.3, 0.4) is 0 Å². The Bertz CT molecular complexity index is 1060. The summed E-state index contributed by atoms with van der Waals surface area (Å²) >= 11 is 0. The number of hydrogen-bond acceptors (Lipinski definition) is 5. The SMILES string of the molecule is CCOC(=O)C1CCN(C(=O)CN(C)C(=O)c2c(C)nn(-c3ccc(F)cc3F)c2C)CC1. The number of rotatable bonds is 6. The van der Waals surface area contributed by atoms with Crippen molar-refractivity contribution in [1.82, 2.24) is 19.6 Å². The van der Waals surface area contributed by atoms with Gasteiger partial charge >= 0.3 is 5.97 Å². The number of amides is 2. The molecule has 0 spiro atoms. The molecular weight excluding hydrogens is 434 g/mol. The molecule has 3 rings (SSSR count). The zero-order valence-electron chi connectivity index (χ0n) is 19.2. The van der Waals surface area contributed by atoms with E-state index in [1.165, 1.54) is 22.7 Å². The Labute approximate surface area is 191 Å². The first kappa shape index (κ1) is 24.3. The van der Waals surface area contributed by atoms with Crippen molar-refractivity contribution in [2.75, 3.05) is 33.3 Å². The van der Waals surface area contributed by atoms with E-state index in [9.17, 15) is 23.2 Å². The van der Waals surface area contributed by atoms with Crippen LogP contribution in [0.2, 0.25) is 0 Å². The molecule has 2 heterocycles.